The summed E-state index contributed by atoms with van der Waals surface area (Å²) in [5, 5.41) is 11.0. The van der Waals surface area contributed by atoms with E-state index in [4.69, 9.17) is 14.2 Å². The van der Waals surface area contributed by atoms with Crippen LogP contribution in [0.4, 0.5) is 0 Å². The van der Waals surface area contributed by atoms with E-state index in [9.17, 15) is 5.11 Å². The summed E-state index contributed by atoms with van der Waals surface area (Å²) in [6.45, 7) is 4.18. The molecule has 180 valence electrons. The van der Waals surface area contributed by atoms with E-state index in [0.717, 1.165) is 31.7 Å². The molecule has 1 fully saturated rings. The Labute approximate surface area is 202 Å². The van der Waals surface area contributed by atoms with E-state index < -0.39 is 6.10 Å². The predicted octanol–water partition coefficient (Wildman–Crippen LogP) is 4.15. The Balaban J connectivity index is 1.44. The van der Waals surface area contributed by atoms with Crippen LogP contribution >= 0.6 is 0 Å². The second kappa shape index (κ2) is 11.4. The van der Waals surface area contributed by atoms with Crippen molar-refractivity contribution in [1.29, 1.82) is 0 Å². The lowest BCUT2D eigenvalue weighted by atomic mass is 9.96. The first-order valence-electron chi connectivity index (χ1n) is 11.7. The fourth-order valence-corrected chi connectivity index (χ4v) is 4.73. The summed E-state index contributed by atoms with van der Waals surface area (Å²) < 4.78 is 16.3. The molecule has 3 aromatic carbocycles. The Hall–Kier alpha value is -3.06. The molecule has 0 radical (unpaired) electrons. The van der Waals surface area contributed by atoms with Gasteiger partial charge in [-0.25, -0.2) is 0 Å². The maximum atomic E-state index is 11.0. The van der Waals surface area contributed by atoms with Crippen molar-refractivity contribution in [3.8, 4) is 17.2 Å². The van der Waals surface area contributed by atoms with E-state index in [-0.39, 0.29) is 6.04 Å². The third-order valence-corrected chi connectivity index (χ3v) is 6.51. The summed E-state index contributed by atoms with van der Waals surface area (Å²) >= 11 is 0. The van der Waals surface area contributed by atoms with Gasteiger partial charge >= 0.3 is 0 Å². The first-order valence-corrected chi connectivity index (χ1v) is 11.7. The van der Waals surface area contributed by atoms with Crippen LogP contribution in [0.1, 0.15) is 28.8 Å². The molecule has 6 nitrogen and oxygen atoms in total. The number of methoxy groups -OCH3 is 3. The Morgan fingerprint density at radius 2 is 1.21 bits per heavy atom. The van der Waals surface area contributed by atoms with Gasteiger partial charge in [0, 0.05) is 32.7 Å². The summed E-state index contributed by atoms with van der Waals surface area (Å²) in [4.78, 5) is 4.85. The zero-order valence-corrected chi connectivity index (χ0v) is 20.2. The second-order valence-corrected chi connectivity index (χ2v) is 8.53. The van der Waals surface area contributed by atoms with Crippen LogP contribution in [0, 0.1) is 0 Å². The molecule has 0 amide bonds. The molecule has 6 heteroatoms. The lowest BCUT2D eigenvalue weighted by molar-refractivity contribution is 0.0621. The van der Waals surface area contributed by atoms with Gasteiger partial charge in [0.05, 0.1) is 33.5 Å². The Morgan fingerprint density at radius 3 is 1.65 bits per heavy atom. The molecule has 1 N–H and O–H groups in total. The standard InChI is InChI=1S/C28H34N2O4/c1-32-25-18-23(19-26(33-2)28(25)34-3)24(31)20-29-14-16-30(17-15-29)27(21-10-6-4-7-11-21)22-12-8-5-9-13-22/h4-13,18-19,24,27,31H,14-17,20H2,1-3H3. The van der Waals surface area contributed by atoms with E-state index >= 15 is 0 Å². The van der Waals surface area contributed by atoms with Crippen LogP contribution in [0.5, 0.6) is 17.2 Å². The molecule has 0 aliphatic carbocycles. The number of aliphatic hydroxyl groups is 1. The third kappa shape index (κ3) is 5.36. The van der Waals surface area contributed by atoms with Crippen molar-refractivity contribution in [2.45, 2.75) is 12.1 Å². The predicted molar refractivity (Wildman–Crippen MR) is 134 cm³/mol. The largest absolute Gasteiger partial charge is 0.493 e. The van der Waals surface area contributed by atoms with Gasteiger partial charge in [-0.15, -0.1) is 0 Å². The summed E-state index contributed by atoms with van der Waals surface area (Å²) in [5.74, 6) is 1.63. The fourth-order valence-electron chi connectivity index (χ4n) is 4.73. The van der Waals surface area contributed by atoms with Gasteiger partial charge in [0.1, 0.15) is 0 Å². The van der Waals surface area contributed by atoms with Gasteiger partial charge in [-0.2, -0.15) is 0 Å². The number of hydrogen-bond donors (Lipinski definition) is 1. The smallest absolute Gasteiger partial charge is 0.203 e. The average molecular weight is 463 g/mol. The van der Waals surface area contributed by atoms with Crippen LogP contribution in [-0.2, 0) is 0 Å². The second-order valence-electron chi connectivity index (χ2n) is 8.53. The van der Waals surface area contributed by atoms with Gasteiger partial charge in [0.2, 0.25) is 5.75 Å². The third-order valence-electron chi connectivity index (χ3n) is 6.51. The monoisotopic (exact) mass is 462 g/mol. The molecule has 1 aliphatic heterocycles. The summed E-state index contributed by atoms with van der Waals surface area (Å²) in [6, 6.07) is 25.3. The van der Waals surface area contributed by atoms with E-state index in [1.54, 1.807) is 21.3 Å². The zero-order chi connectivity index (χ0) is 23.9. The molecule has 0 saturated carbocycles. The van der Waals surface area contributed by atoms with Crippen molar-refractivity contribution >= 4 is 0 Å². The topological polar surface area (TPSA) is 54.4 Å². The molecule has 1 atom stereocenters. The highest BCUT2D eigenvalue weighted by molar-refractivity contribution is 5.54. The van der Waals surface area contributed by atoms with Crippen molar-refractivity contribution in [3.05, 3.63) is 89.5 Å². The molecule has 1 aliphatic rings. The molecule has 3 aromatic rings. The van der Waals surface area contributed by atoms with Crippen LogP contribution < -0.4 is 14.2 Å². The number of hydrogen-bond acceptors (Lipinski definition) is 6. The van der Waals surface area contributed by atoms with Crippen molar-refractivity contribution in [1.82, 2.24) is 9.80 Å². The van der Waals surface area contributed by atoms with Gasteiger partial charge in [-0.3, -0.25) is 9.80 Å². The lowest BCUT2D eigenvalue weighted by Gasteiger charge is -2.40. The maximum absolute atomic E-state index is 11.0. The molecule has 4 rings (SSSR count). The van der Waals surface area contributed by atoms with E-state index in [2.05, 4.69) is 70.5 Å². The highest BCUT2D eigenvalue weighted by atomic mass is 16.5. The quantitative estimate of drug-likeness (QED) is 0.516. The normalized spacial score (nSPS) is 15.8. The summed E-state index contributed by atoms with van der Waals surface area (Å²) in [7, 11) is 4.75. The Morgan fingerprint density at radius 1 is 0.706 bits per heavy atom. The molecular weight excluding hydrogens is 428 g/mol. The first-order chi connectivity index (χ1) is 16.6. The molecule has 1 saturated heterocycles. The van der Waals surface area contributed by atoms with Gasteiger partial charge < -0.3 is 19.3 Å². The van der Waals surface area contributed by atoms with Crippen LogP contribution in [0.25, 0.3) is 0 Å². The fraction of sp³-hybridized carbons (Fsp3) is 0.357. The van der Waals surface area contributed by atoms with Gasteiger partial charge in [-0.1, -0.05) is 60.7 Å². The number of rotatable bonds is 9. The molecule has 0 aromatic heterocycles. The van der Waals surface area contributed by atoms with Gasteiger partial charge in [-0.05, 0) is 28.8 Å². The van der Waals surface area contributed by atoms with Crippen molar-refractivity contribution in [2.24, 2.45) is 0 Å². The molecule has 1 heterocycles. The van der Waals surface area contributed by atoms with E-state index in [0.29, 0.717) is 23.8 Å². The number of aliphatic hydroxyl groups excluding tert-OH is 1. The van der Waals surface area contributed by atoms with Crippen LogP contribution in [0.15, 0.2) is 72.8 Å². The minimum Gasteiger partial charge on any atom is -0.493 e. The number of β-amino-alcohol motifs (C(OH)–C–C–N with tert-alkyl or cyclic N) is 1. The van der Waals surface area contributed by atoms with Crippen molar-refractivity contribution < 1.29 is 19.3 Å². The van der Waals surface area contributed by atoms with E-state index in [1.807, 2.05) is 12.1 Å². The number of benzene rings is 3. The van der Waals surface area contributed by atoms with Crippen molar-refractivity contribution in [3.63, 3.8) is 0 Å². The van der Waals surface area contributed by atoms with Crippen LogP contribution in [0.3, 0.4) is 0 Å². The van der Waals surface area contributed by atoms with E-state index in [1.165, 1.54) is 11.1 Å². The minimum atomic E-state index is -0.653. The zero-order valence-electron chi connectivity index (χ0n) is 20.2. The molecular formula is C28H34N2O4. The molecule has 1 unspecified atom stereocenters. The minimum absolute atomic E-state index is 0.226. The van der Waals surface area contributed by atoms with Crippen LogP contribution in [0.2, 0.25) is 0 Å². The first kappa shape index (κ1) is 24.1. The molecule has 0 bridgehead atoms. The molecule has 34 heavy (non-hydrogen) atoms. The summed E-state index contributed by atoms with van der Waals surface area (Å²) in [6.07, 6.45) is -0.653. The average Bonchev–Trinajstić information content (AvgIpc) is 2.90. The van der Waals surface area contributed by atoms with Crippen molar-refractivity contribution in [2.75, 3.05) is 54.1 Å². The van der Waals surface area contributed by atoms with Gasteiger partial charge in [0.15, 0.2) is 11.5 Å². The van der Waals surface area contributed by atoms with Gasteiger partial charge in [0.25, 0.3) is 0 Å². The summed E-state index contributed by atoms with van der Waals surface area (Å²) in [5.41, 5.74) is 3.36. The highest BCUT2D eigenvalue weighted by Gasteiger charge is 2.27. The number of piperazine rings is 1. The Bertz CT molecular complexity index is 972. The maximum Gasteiger partial charge on any atom is 0.203 e. The van der Waals surface area contributed by atoms with Crippen LogP contribution in [-0.4, -0.2) is 69.0 Å². The number of nitrogens with zero attached hydrogens (tertiary/aromatic N) is 2. The molecule has 0 spiro atoms. The SMILES string of the molecule is COc1cc(C(O)CN2CCN(C(c3ccccc3)c3ccccc3)CC2)cc(OC)c1OC. The number of ether oxygens (including phenoxy) is 3. The highest BCUT2D eigenvalue weighted by Crippen LogP contribution is 2.40. The lowest BCUT2D eigenvalue weighted by Crippen LogP contribution is -2.48. The Kier molecular flexibility index (Phi) is 8.06.